The highest BCUT2D eigenvalue weighted by molar-refractivity contribution is 7.94. The zero-order valence-electron chi connectivity index (χ0n) is 16.3. The number of carbonyl (C=O) groups excluding carboxylic acids is 1. The number of nitrogens with zero attached hydrogens (tertiary/aromatic N) is 4. The molecule has 2 heterocycles. The summed E-state index contributed by atoms with van der Waals surface area (Å²) in [5.41, 5.74) is 1.03. The monoisotopic (exact) mass is 459 g/mol. The van der Waals surface area contributed by atoms with E-state index in [9.17, 15) is 21.6 Å². The Labute approximate surface area is 173 Å². The molecule has 1 amide bonds. The third kappa shape index (κ3) is 3.99. The average Bonchev–Trinajstić information content (AvgIpc) is 3.28. The van der Waals surface area contributed by atoms with Crippen LogP contribution in [0.25, 0.3) is 0 Å². The molecule has 0 atom stereocenters. The van der Waals surface area contributed by atoms with Crippen molar-refractivity contribution in [2.24, 2.45) is 5.92 Å². The summed E-state index contributed by atoms with van der Waals surface area (Å²) in [7, 11) is -4.73. The Kier molecular flexibility index (Phi) is 5.69. The van der Waals surface area contributed by atoms with Gasteiger partial charge in [0.2, 0.25) is 21.1 Å². The molecule has 1 N–H and O–H groups in total. The highest BCUT2D eigenvalue weighted by Gasteiger charge is 2.34. The number of fused-ring (bicyclic) bond motifs is 1. The van der Waals surface area contributed by atoms with Gasteiger partial charge in [-0.3, -0.25) is 9.10 Å². The standard InChI is InChI=1S/C16H21N5O5S3/c1-10(2)14(22)17-15-18-19-16(27-15)29(25,26)21-8-7-11-9-12(5-6-13(11)21)28(23,24)20(3)4/h5-6,9-10H,7-8H2,1-4H3,(H,17,18,22). The van der Waals surface area contributed by atoms with Gasteiger partial charge in [-0.2, -0.15) is 8.42 Å². The molecule has 0 aliphatic carbocycles. The third-order valence-electron chi connectivity index (χ3n) is 4.35. The predicted molar refractivity (Wildman–Crippen MR) is 109 cm³/mol. The van der Waals surface area contributed by atoms with Gasteiger partial charge in [0.05, 0.1) is 10.6 Å². The number of carbonyl (C=O) groups is 1. The van der Waals surface area contributed by atoms with Crippen LogP contribution in [0, 0.1) is 5.92 Å². The molecule has 29 heavy (non-hydrogen) atoms. The summed E-state index contributed by atoms with van der Waals surface area (Å²) in [6, 6.07) is 4.36. The van der Waals surface area contributed by atoms with E-state index in [2.05, 4.69) is 15.5 Å². The van der Waals surface area contributed by atoms with Crippen molar-refractivity contribution in [1.82, 2.24) is 14.5 Å². The Hall–Kier alpha value is -2.09. The van der Waals surface area contributed by atoms with E-state index in [0.717, 1.165) is 15.6 Å². The lowest BCUT2D eigenvalue weighted by Gasteiger charge is -2.18. The lowest BCUT2D eigenvalue weighted by atomic mass is 10.2. The maximum absolute atomic E-state index is 13.0. The van der Waals surface area contributed by atoms with Crippen molar-refractivity contribution in [2.75, 3.05) is 30.3 Å². The first kappa shape index (κ1) is 21.6. The molecule has 158 valence electrons. The third-order valence-corrected chi connectivity index (χ3v) is 9.16. The largest absolute Gasteiger partial charge is 0.300 e. The van der Waals surface area contributed by atoms with Crippen molar-refractivity contribution in [3.63, 3.8) is 0 Å². The van der Waals surface area contributed by atoms with Crippen LogP contribution in [0.4, 0.5) is 10.8 Å². The Morgan fingerprint density at radius 2 is 1.90 bits per heavy atom. The fourth-order valence-corrected chi connectivity index (χ4v) is 6.14. The highest BCUT2D eigenvalue weighted by Crippen LogP contribution is 2.36. The van der Waals surface area contributed by atoms with Gasteiger partial charge < -0.3 is 5.32 Å². The molecule has 1 aromatic heterocycles. The zero-order valence-corrected chi connectivity index (χ0v) is 18.7. The van der Waals surface area contributed by atoms with Crippen LogP contribution in [-0.4, -0.2) is 57.9 Å². The minimum absolute atomic E-state index is 0.106. The van der Waals surface area contributed by atoms with Crippen LogP contribution in [0.2, 0.25) is 0 Å². The molecule has 10 nitrogen and oxygen atoms in total. The van der Waals surface area contributed by atoms with E-state index in [0.29, 0.717) is 17.7 Å². The number of aromatic nitrogens is 2. The normalized spacial score (nSPS) is 14.5. The number of hydrogen-bond acceptors (Lipinski definition) is 8. The second kappa shape index (κ2) is 7.63. The van der Waals surface area contributed by atoms with Crippen LogP contribution in [-0.2, 0) is 31.3 Å². The fraction of sp³-hybridized carbons (Fsp3) is 0.438. The Morgan fingerprint density at radius 1 is 1.21 bits per heavy atom. The molecule has 2 aromatic rings. The molecule has 0 saturated carbocycles. The van der Waals surface area contributed by atoms with Gasteiger partial charge >= 0.3 is 0 Å². The molecule has 3 rings (SSSR count). The molecule has 0 bridgehead atoms. The van der Waals surface area contributed by atoms with E-state index in [-0.39, 0.29) is 32.7 Å². The average molecular weight is 460 g/mol. The minimum atomic E-state index is -3.98. The number of benzene rings is 1. The summed E-state index contributed by atoms with van der Waals surface area (Å²) < 4.78 is 52.7. The van der Waals surface area contributed by atoms with E-state index in [1.54, 1.807) is 13.8 Å². The van der Waals surface area contributed by atoms with Gasteiger partial charge in [0.25, 0.3) is 14.4 Å². The molecule has 1 aliphatic heterocycles. The number of anilines is 2. The topological polar surface area (TPSA) is 130 Å². The zero-order chi connectivity index (χ0) is 21.6. The lowest BCUT2D eigenvalue weighted by Crippen LogP contribution is -2.29. The molecule has 0 spiro atoms. The van der Waals surface area contributed by atoms with Gasteiger partial charge in [-0.1, -0.05) is 25.2 Å². The molecule has 1 aliphatic rings. The minimum Gasteiger partial charge on any atom is -0.300 e. The van der Waals surface area contributed by atoms with E-state index >= 15 is 0 Å². The van der Waals surface area contributed by atoms with Crippen molar-refractivity contribution in [2.45, 2.75) is 29.5 Å². The van der Waals surface area contributed by atoms with E-state index in [1.807, 2.05) is 0 Å². The van der Waals surface area contributed by atoms with Gasteiger partial charge in [0.1, 0.15) is 0 Å². The second-order valence-corrected chi connectivity index (χ2v) is 12.1. The molecule has 1 aromatic carbocycles. The van der Waals surface area contributed by atoms with Crippen LogP contribution in [0.15, 0.2) is 27.4 Å². The predicted octanol–water partition coefficient (Wildman–Crippen LogP) is 1.13. The summed E-state index contributed by atoms with van der Waals surface area (Å²) >= 11 is 0.772. The molecule has 0 saturated heterocycles. The summed E-state index contributed by atoms with van der Waals surface area (Å²) in [4.78, 5) is 11.9. The highest BCUT2D eigenvalue weighted by atomic mass is 32.2. The van der Waals surface area contributed by atoms with E-state index < -0.39 is 20.0 Å². The smallest absolute Gasteiger partial charge is 0.293 e. The van der Waals surface area contributed by atoms with Crippen LogP contribution >= 0.6 is 11.3 Å². The first-order valence-electron chi connectivity index (χ1n) is 8.67. The van der Waals surface area contributed by atoms with Crippen molar-refractivity contribution >= 4 is 48.1 Å². The van der Waals surface area contributed by atoms with Crippen molar-refractivity contribution < 1.29 is 21.6 Å². The van der Waals surface area contributed by atoms with Crippen molar-refractivity contribution in [3.8, 4) is 0 Å². The van der Waals surface area contributed by atoms with Crippen molar-refractivity contribution in [1.29, 1.82) is 0 Å². The summed E-state index contributed by atoms with van der Waals surface area (Å²) in [6.45, 7) is 3.58. The van der Waals surface area contributed by atoms with Gasteiger partial charge in [-0.25, -0.2) is 12.7 Å². The molecule has 0 radical (unpaired) electrons. The number of amides is 1. The molecular formula is C16H21N5O5S3. The Bertz CT molecular complexity index is 1160. The Morgan fingerprint density at radius 3 is 2.52 bits per heavy atom. The maximum atomic E-state index is 13.0. The van der Waals surface area contributed by atoms with Crippen LogP contribution in [0.5, 0.6) is 0 Å². The van der Waals surface area contributed by atoms with Gasteiger partial charge in [0.15, 0.2) is 0 Å². The van der Waals surface area contributed by atoms with Crippen LogP contribution in [0.1, 0.15) is 19.4 Å². The van der Waals surface area contributed by atoms with Crippen molar-refractivity contribution in [3.05, 3.63) is 23.8 Å². The summed E-state index contributed by atoms with van der Waals surface area (Å²) in [5, 5.41) is 10.1. The first-order chi connectivity index (χ1) is 13.4. The molecule has 0 fully saturated rings. The van der Waals surface area contributed by atoms with Gasteiger partial charge in [-0.15, -0.1) is 10.2 Å². The van der Waals surface area contributed by atoms with Gasteiger partial charge in [-0.05, 0) is 30.2 Å². The first-order valence-corrected chi connectivity index (χ1v) is 12.4. The van der Waals surface area contributed by atoms with Gasteiger partial charge in [0, 0.05) is 26.6 Å². The maximum Gasteiger partial charge on any atom is 0.293 e. The van der Waals surface area contributed by atoms with Crippen LogP contribution in [0.3, 0.4) is 0 Å². The fourth-order valence-electron chi connectivity index (χ4n) is 2.68. The molecule has 13 heteroatoms. The summed E-state index contributed by atoms with van der Waals surface area (Å²) in [5.74, 6) is -0.566. The number of nitrogens with one attached hydrogen (secondary N) is 1. The van der Waals surface area contributed by atoms with Crippen LogP contribution < -0.4 is 9.62 Å². The SMILES string of the molecule is CC(C)C(=O)Nc1nnc(S(=O)(=O)N2CCc3cc(S(=O)(=O)N(C)C)ccc32)s1. The number of sulfonamides is 2. The summed E-state index contributed by atoms with van der Waals surface area (Å²) in [6.07, 6.45) is 0.376. The molecular weight excluding hydrogens is 438 g/mol. The van der Waals surface area contributed by atoms with E-state index in [4.69, 9.17) is 0 Å². The Balaban J connectivity index is 1.90. The second-order valence-electron chi connectivity index (χ2n) is 6.92. The quantitative estimate of drug-likeness (QED) is 0.641. The number of rotatable bonds is 6. The number of hydrogen-bond donors (Lipinski definition) is 1. The lowest BCUT2D eigenvalue weighted by molar-refractivity contribution is -0.118. The van der Waals surface area contributed by atoms with E-state index in [1.165, 1.54) is 36.6 Å². The molecule has 0 unspecified atom stereocenters.